The van der Waals surface area contributed by atoms with Gasteiger partial charge < -0.3 is 9.84 Å². The van der Waals surface area contributed by atoms with E-state index in [1.54, 1.807) is 0 Å². The summed E-state index contributed by atoms with van der Waals surface area (Å²) in [6, 6.07) is 1.81. The quantitative estimate of drug-likeness (QED) is 0.855. The largest absolute Gasteiger partial charge is 0.496 e. The van der Waals surface area contributed by atoms with Gasteiger partial charge in [-0.15, -0.1) is 0 Å². The molecule has 0 heterocycles. The van der Waals surface area contributed by atoms with Crippen LogP contribution in [0.4, 0.5) is 13.2 Å². The van der Waals surface area contributed by atoms with Crippen molar-refractivity contribution in [3.8, 4) is 5.75 Å². The number of methoxy groups -OCH3 is 1. The van der Waals surface area contributed by atoms with Crippen LogP contribution in [0, 0.1) is 6.92 Å². The van der Waals surface area contributed by atoms with Crippen molar-refractivity contribution < 1.29 is 27.8 Å². The highest BCUT2D eigenvalue weighted by Gasteiger charge is 2.34. The van der Waals surface area contributed by atoms with Crippen LogP contribution in [0.2, 0.25) is 0 Å². The van der Waals surface area contributed by atoms with Gasteiger partial charge in [-0.2, -0.15) is 13.2 Å². The van der Waals surface area contributed by atoms with Crippen LogP contribution in [-0.2, 0) is 6.18 Å². The number of alkyl halides is 3. The van der Waals surface area contributed by atoms with Gasteiger partial charge in [0.2, 0.25) is 0 Å². The normalized spacial score (nSPS) is 11.3. The van der Waals surface area contributed by atoms with Gasteiger partial charge in [-0.1, -0.05) is 0 Å². The third-order valence-electron chi connectivity index (χ3n) is 2.17. The van der Waals surface area contributed by atoms with E-state index in [2.05, 4.69) is 0 Å². The number of hydrogen-bond donors (Lipinski definition) is 1. The molecular formula is C10H9F3O3. The molecule has 0 radical (unpaired) electrons. The van der Waals surface area contributed by atoms with Crippen LogP contribution in [-0.4, -0.2) is 18.2 Å². The molecule has 0 fully saturated rings. The lowest BCUT2D eigenvalue weighted by atomic mass is 10.0. The van der Waals surface area contributed by atoms with Crippen molar-refractivity contribution in [1.29, 1.82) is 0 Å². The fourth-order valence-corrected chi connectivity index (χ4v) is 1.43. The average Bonchev–Trinajstić information content (AvgIpc) is 2.14. The van der Waals surface area contributed by atoms with Crippen molar-refractivity contribution in [1.82, 2.24) is 0 Å². The standard InChI is InChI=1S/C10H9F3O3/c1-5-6(10(11,12)13)3-4-7(16-2)8(5)9(14)15/h3-4H,1-2H3,(H,14,15). The Kier molecular flexibility index (Phi) is 3.11. The van der Waals surface area contributed by atoms with Crippen LogP contribution < -0.4 is 4.74 Å². The molecule has 0 unspecified atom stereocenters. The zero-order valence-electron chi connectivity index (χ0n) is 8.55. The number of ether oxygens (including phenoxy) is 1. The fraction of sp³-hybridized carbons (Fsp3) is 0.300. The Morgan fingerprint density at radius 3 is 2.31 bits per heavy atom. The third-order valence-corrected chi connectivity index (χ3v) is 2.17. The fourth-order valence-electron chi connectivity index (χ4n) is 1.43. The first-order chi connectivity index (χ1) is 7.29. The molecule has 1 aromatic carbocycles. The molecule has 0 atom stereocenters. The summed E-state index contributed by atoms with van der Waals surface area (Å²) in [6.45, 7) is 1.11. The number of benzene rings is 1. The second-order valence-electron chi connectivity index (χ2n) is 3.12. The lowest BCUT2D eigenvalue weighted by Gasteiger charge is -2.14. The van der Waals surface area contributed by atoms with Crippen molar-refractivity contribution >= 4 is 5.97 Å². The van der Waals surface area contributed by atoms with E-state index in [0.717, 1.165) is 19.1 Å². The molecule has 3 nitrogen and oxygen atoms in total. The first-order valence-corrected chi connectivity index (χ1v) is 4.27. The highest BCUT2D eigenvalue weighted by atomic mass is 19.4. The predicted octanol–water partition coefficient (Wildman–Crippen LogP) is 2.72. The zero-order chi connectivity index (χ0) is 12.5. The smallest absolute Gasteiger partial charge is 0.416 e. The van der Waals surface area contributed by atoms with Gasteiger partial charge in [0.15, 0.2) is 0 Å². The van der Waals surface area contributed by atoms with Gasteiger partial charge in [0.1, 0.15) is 11.3 Å². The Morgan fingerprint density at radius 2 is 1.94 bits per heavy atom. The number of aromatic carboxylic acids is 1. The number of carboxylic acids is 1. The summed E-state index contributed by atoms with van der Waals surface area (Å²) in [7, 11) is 1.20. The second kappa shape index (κ2) is 4.03. The summed E-state index contributed by atoms with van der Waals surface area (Å²) in [5, 5.41) is 8.82. The molecule has 0 saturated heterocycles. The van der Waals surface area contributed by atoms with Crippen LogP contribution in [0.25, 0.3) is 0 Å². The van der Waals surface area contributed by atoms with Crippen molar-refractivity contribution in [3.63, 3.8) is 0 Å². The van der Waals surface area contributed by atoms with E-state index in [1.165, 1.54) is 7.11 Å². The van der Waals surface area contributed by atoms with E-state index >= 15 is 0 Å². The highest BCUT2D eigenvalue weighted by Crippen LogP contribution is 2.36. The molecule has 1 aromatic rings. The van der Waals surface area contributed by atoms with Gasteiger partial charge in [-0.05, 0) is 24.6 Å². The summed E-state index contributed by atoms with van der Waals surface area (Å²) in [5.74, 6) is -1.53. The van der Waals surface area contributed by atoms with Gasteiger partial charge in [0.25, 0.3) is 0 Å². The van der Waals surface area contributed by atoms with Crippen LogP contribution in [0.5, 0.6) is 5.75 Å². The summed E-state index contributed by atoms with van der Waals surface area (Å²) in [5.41, 5.74) is -1.78. The Labute approximate surface area is 89.5 Å². The van der Waals surface area contributed by atoms with E-state index < -0.39 is 23.3 Å². The van der Waals surface area contributed by atoms with Crippen LogP contribution in [0.1, 0.15) is 21.5 Å². The molecule has 6 heteroatoms. The van der Waals surface area contributed by atoms with Crippen molar-refractivity contribution in [2.24, 2.45) is 0 Å². The van der Waals surface area contributed by atoms with Gasteiger partial charge in [-0.25, -0.2) is 4.79 Å². The minimum Gasteiger partial charge on any atom is -0.496 e. The summed E-state index contributed by atoms with van der Waals surface area (Å²) < 4.78 is 42.2. The number of carboxylic acid groups (broad SMARTS) is 1. The Balaban J connectivity index is 3.50. The number of hydrogen-bond acceptors (Lipinski definition) is 2. The topological polar surface area (TPSA) is 46.5 Å². The van der Waals surface area contributed by atoms with E-state index in [4.69, 9.17) is 9.84 Å². The molecule has 0 saturated carbocycles. The molecule has 16 heavy (non-hydrogen) atoms. The Hall–Kier alpha value is -1.72. The molecular weight excluding hydrogens is 225 g/mol. The lowest BCUT2D eigenvalue weighted by molar-refractivity contribution is -0.138. The van der Waals surface area contributed by atoms with Crippen LogP contribution >= 0.6 is 0 Å². The van der Waals surface area contributed by atoms with Crippen molar-refractivity contribution in [2.75, 3.05) is 7.11 Å². The molecule has 0 aromatic heterocycles. The first kappa shape index (κ1) is 12.4. The van der Waals surface area contributed by atoms with Crippen molar-refractivity contribution in [3.05, 3.63) is 28.8 Å². The first-order valence-electron chi connectivity index (χ1n) is 4.27. The summed E-state index contributed by atoms with van der Waals surface area (Å²) in [6.07, 6.45) is -4.57. The van der Waals surface area contributed by atoms with Crippen molar-refractivity contribution in [2.45, 2.75) is 13.1 Å². The SMILES string of the molecule is COc1ccc(C(F)(F)F)c(C)c1C(=O)O. The highest BCUT2D eigenvalue weighted by molar-refractivity contribution is 5.93. The van der Waals surface area contributed by atoms with E-state index in [-0.39, 0.29) is 11.3 Å². The molecule has 1 rings (SSSR count). The van der Waals surface area contributed by atoms with E-state index in [0.29, 0.717) is 0 Å². The lowest BCUT2D eigenvalue weighted by Crippen LogP contribution is -2.12. The number of carbonyl (C=O) groups is 1. The summed E-state index contributed by atoms with van der Waals surface area (Å²) >= 11 is 0. The predicted molar refractivity (Wildman–Crippen MR) is 49.7 cm³/mol. The molecule has 0 aliphatic heterocycles. The molecule has 0 aliphatic rings. The Bertz CT molecular complexity index is 424. The monoisotopic (exact) mass is 234 g/mol. The maximum absolute atomic E-state index is 12.5. The maximum Gasteiger partial charge on any atom is 0.416 e. The molecule has 0 aliphatic carbocycles. The summed E-state index contributed by atoms with van der Waals surface area (Å²) in [4.78, 5) is 10.8. The molecule has 0 amide bonds. The van der Waals surface area contributed by atoms with Gasteiger partial charge in [-0.3, -0.25) is 0 Å². The maximum atomic E-state index is 12.5. The number of halogens is 3. The minimum absolute atomic E-state index is 0.0852. The van der Waals surface area contributed by atoms with E-state index in [1.807, 2.05) is 0 Å². The van der Waals surface area contributed by atoms with Gasteiger partial charge in [0.05, 0.1) is 12.7 Å². The minimum atomic E-state index is -4.57. The molecule has 0 spiro atoms. The average molecular weight is 234 g/mol. The second-order valence-corrected chi connectivity index (χ2v) is 3.12. The zero-order valence-corrected chi connectivity index (χ0v) is 8.55. The number of rotatable bonds is 2. The third kappa shape index (κ3) is 2.10. The molecule has 1 N–H and O–H groups in total. The Morgan fingerprint density at radius 1 is 1.38 bits per heavy atom. The molecule has 88 valence electrons. The van der Waals surface area contributed by atoms with Crippen LogP contribution in [0.15, 0.2) is 12.1 Å². The van der Waals surface area contributed by atoms with Crippen LogP contribution in [0.3, 0.4) is 0 Å². The molecule has 0 bridgehead atoms. The van der Waals surface area contributed by atoms with E-state index in [9.17, 15) is 18.0 Å². The van der Waals surface area contributed by atoms with Gasteiger partial charge >= 0.3 is 12.1 Å². The van der Waals surface area contributed by atoms with Gasteiger partial charge in [0, 0.05) is 0 Å².